The van der Waals surface area contributed by atoms with E-state index in [1.165, 1.54) is 0 Å². The Labute approximate surface area is 60.6 Å². The molecule has 0 atom stereocenters. The van der Waals surface area contributed by atoms with E-state index >= 15 is 0 Å². The fourth-order valence-corrected chi connectivity index (χ4v) is 1.28. The molecule has 1 fully saturated rings. The van der Waals surface area contributed by atoms with Crippen LogP contribution in [-0.2, 0) is 9.59 Å². The second kappa shape index (κ2) is 2.52. The van der Waals surface area contributed by atoms with Crippen molar-refractivity contribution in [2.45, 2.75) is 26.7 Å². The number of hydrogen-bond acceptors (Lipinski definition) is 2. The second-order valence-corrected chi connectivity index (χ2v) is 3.09. The topological polar surface area (TPSA) is 34.1 Å². The summed E-state index contributed by atoms with van der Waals surface area (Å²) in [5.74, 6) is 0.845. The molecule has 0 aromatic carbocycles. The molecule has 0 unspecified atom stereocenters. The molecule has 0 aromatic rings. The van der Waals surface area contributed by atoms with Gasteiger partial charge < -0.3 is 0 Å². The first-order chi connectivity index (χ1) is 4.61. The van der Waals surface area contributed by atoms with E-state index in [4.69, 9.17) is 0 Å². The van der Waals surface area contributed by atoms with Crippen molar-refractivity contribution in [3.63, 3.8) is 0 Å². The summed E-state index contributed by atoms with van der Waals surface area (Å²) in [7, 11) is 0. The van der Waals surface area contributed by atoms with Gasteiger partial charge in [0, 0.05) is 11.8 Å². The van der Waals surface area contributed by atoms with Crippen LogP contribution in [0.1, 0.15) is 26.7 Å². The molecule has 10 heavy (non-hydrogen) atoms. The van der Waals surface area contributed by atoms with Gasteiger partial charge in [-0.3, -0.25) is 9.59 Å². The average Bonchev–Trinajstić information content (AvgIpc) is 1.56. The van der Waals surface area contributed by atoms with Gasteiger partial charge >= 0.3 is 0 Å². The molecule has 0 N–H and O–H groups in total. The third kappa shape index (κ3) is 1.25. The van der Waals surface area contributed by atoms with Gasteiger partial charge in [0.25, 0.3) is 0 Å². The molecule has 0 saturated heterocycles. The predicted molar refractivity (Wildman–Crippen MR) is 37.6 cm³/mol. The number of carbonyl (C=O) groups is 2. The van der Waals surface area contributed by atoms with Crippen LogP contribution in [-0.4, -0.2) is 11.6 Å². The molecule has 0 amide bonds. The SMILES string of the molecule is CC(=O)C1CC(C(C)=O)C1. The number of hydrogen-bond donors (Lipinski definition) is 0. The number of carbonyl (C=O) groups excluding carboxylic acids is 2. The van der Waals surface area contributed by atoms with E-state index < -0.39 is 0 Å². The summed E-state index contributed by atoms with van der Waals surface area (Å²) in [4.78, 5) is 21.4. The van der Waals surface area contributed by atoms with E-state index in [1.54, 1.807) is 13.8 Å². The van der Waals surface area contributed by atoms with Gasteiger partial charge in [0.05, 0.1) is 0 Å². The minimum Gasteiger partial charge on any atom is -0.300 e. The Kier molecular flexibility index (Phi) is 1.88. The number of Topliss-reactive ketones (excluding diaryl/α,β-unsaturated/α-hetero) is 2. The molecule has 2 nitrogen and oxygen atoms in total. The summed E-state index contributed by atoms with van der Waals surface area (Å²) < 4.78 is 0. The fraction of sp³-hybridized carbons (Fsp3) is 0.750. The molecule has 1 aliphatic rings. The highest BCUT2D eigenvalue weighted by Gasteiger charge is 2.34. The second-order valence-electron chi connectivity index (χ2n) is 3.09. The van der Waals surface area contributed by atoms with E-state index in [0.717, 1.165) is 12.8 Å². The van der Waals surface area contributed by atoms with E-state index in [0.29, 0.717) is 0 Å². The molecule has 56 valence electrons. The van der Waals surface area contributed by atoms with E-state index in [-0.39, 0.29) is 23.4 Å². The minimum absolute atomic E-state index is 0.189. The summed E-state index contributed by atoms with van der Waals surface area (Å²) in [6, 6.07) is 0. The lowest BCUT2D eigenvalue weighted by atomic mass is 9.71. The van der Waals surface area contributed by atoms with Gasteiger partial charge in [0.2, 0.25) is 0 Å². The highest BCUT2D eigenvalue weighted by Crippen LogP contribution is 2.34. The first kappa shape index (κ1) is 7.45. The molecule has 2 heteroatoms. The summed E-state index contributed by atoms with van der Waals surface area (Å²) in [6.07, 6.45) is 1.59. The van der Waals surface area contributed by atoms with Crippen LogP contribution in [0.4, 0.5) is 0 Å². The van der Waals surface area contributed by atoms with Crippen molar-refractivity contribution in [2.24, 2.45) is 11.8 Å². The number of ketones is 2. The molecule has 0 bridgehead atoms. The first-order valence-corrected chi connectivity index (χ1v) is 3.62. The Bertz CT molecular complexity index is 148. The lowest BCUT2D eigenvalue weighted by Crippen LogP contribution is -2.33. The van der Waals surface area contributed by atoms with Gasteiger partial charge in [-0.05, 0) is 26.7 Å². The lowest BCUT2D eigenvalue weighted by Gasteiger charge is -2.31. The molecule has 1 aliphatic carbocycles. The van der Waals surface area contributed by atoms with Gasteiger partial charge in [0.1, 0.15) is 11.6 Å². The molecular formula is C8H12O2. The lowest BCUT2D eigenvalue weighted by molar-refractivity contribution is -0.130. The van der Waals surface area contributed by atoms with E-state index in [2.05, 4.69) is 0 Å². The van der Waals surface area contributed by atoms with Crippen LogP contribution in [0.5, 0.6) is 0 Å². The molecular weight excluding hydrogens is 128 g/mol. The van der Waals surface area contributed by atoms with Crippen LogP contribution in [0.25, 0.3) is 0 Å². The molecule has 0 spiro atoms. The molecule has 0 aliphatic heterocycles. The van der Waals surface area contributed by atoms with Crippen LogP contribution >= 0.6 is 0 Å². The maximum absolute atomic E-state index is 10.7. The Morgan fingerprint density at radius 1 is 1.00 bits per heavy atom. The zero-order chi connectivity index (χ0) is 7.72. The van der Waals surface area contributed by atoms with Crippen molar-refractivity contribution in [3.8, 4) is 0 Å². The van der Waals surface area contributed by atoms with Gasteiger partial charge in [-0.1, -0.05) is 0 Å². The van der Waals surface area contributed by atoms with E-state index in [9.17, 15) is 9.59 Å². The van der Waals surface area contributed by atoms with Crippen LogP contribution in [0, 0.1) is 11.8 Å². The predicted octanol–water partition coefficient (Wildman–Crippen LogP) is 1.19. The summed E-state index contributed by atoms with van der Waals surface area (Å²) >= 11 is 0. The van der Waals surface area contributed by atoms with Gasteiger partial charge in [-0.25, -0.2) is 0 Å². The third-order valence-electron chi connectivity index (χ3n) is 2.29. The van der Waals surface area contributed by atoms with Crippen molar-refractivity contribution < 1.29 is 9.59 Å². The van der Waals surface area contributed by atoms with E-state index in [1.807, 2.05) is 0 Å². The number of rotatable bonds is 2. The van der Waals surface area contributed by atoms with Gasteiger partial charge in [0.15, 0.2) is 0 Å². The Morgan fingerprint density at radius 2 is 1.30 bits per heavy atom. The molecule has 1 saturated carbocycles. The van der Waals surface area contributed by atoms with Crippen molar-refractivity contribution in [1.82, 2.24) is 0 Å². The zero-order valence-corrected chi connectivity index (χ0v) is 6.39. The maximum Gasteiger partial charge on any atom is 0.132 e. The monoisotopic (exact) mass is 140 g/mol. The quantitative estimate of drug-likeness (QED) is 0.577. The van der Waals surface area contributed by atoms with Crippen LogP contribution in [0.3, 0.4) is 0 Å². The third-order valence-corrected chi connectivity index (χ3v) is 2.29. The van der Waals surface area contributed by atoms with Gasteiger partial charge in [-0.2, -0.15) is 0 Å². The maximum atomic E-state index is 10.7. The Hall–Kier alpha value is -0.660. The smallest absolute Gasteiger partial charge is 0.132 e. The highest BCUT2D eigenvalue weighted by molar-refractivity contribution is 5.85. The Morgan fingerprint density at radius 3 is 1.50 bits per heavy atom. The van der Waals surface area contributed by atoms with Crippen LogP contribution in [0.2, 0.25) is 0 Å². The van der Waals surface area contributed by atoms with Crippen molar-refractivity contribution in [2.75, 3.05) is 0 Å². The highest BCUT2D eigenvalue weighted by atomic mass is 16.1. The molecule has 0 heterocycles. The molecule has 0 radical (unpaired) electrons. The van der Waals surface area contributed by atoms with Crippen LogP contribution in [0.15, 0.2) is 0 Å². The summed E-state index contributed by atoms with van der Waals surface area (Å²) in [5, 5.41) is 0. The van der Waals surface area contributed by atoms with Gasteiger partial charge in [-0.15, -0.1) is 0 Å². The normalized spacial score (nSPS) is 31.0. The summed E-state index contributed by atoms with van der Waals surface area (Å²) in [6.45, 7) is 3.20. The average molecular weight is 140 g/mol. The zero-order valence-electron chi connectivity index (χ0n) is 6.39. The van der Waals surface area contributed by atoms with Crippen LogP contribution < -0.4 is 0 Å². The minimum atomic E-state index is 0.189. The Balaban J connectivity index is 2.31. The largest absolute Gasteiger partial charge is 0.300 e. The van der Waals surface area contributed by atoms with Crippen molar-refractivity contribution in [1.29, 1.82) is 0 Å². The van der Waals surface area contributed by atoms with Crippen molar-refractivity contribution in [3.05, 3.63) is 0 Å². The molecule has 1 rings (SSSR count). The fourth-order valence-electron chi connectivity index (χ4n) is 1.28. The standard InChI is InChI=1S/C8H12O2/c1-5(9)7-3-8(4-7)6(2)10/h7-8H,3-4H2,1-2H3. The molecule has 0 aromatic heterocycles. The first-order valence-electron chi connectivity index (χ1n) is 3.62. The van der Waals surface area contributed by atoms with Crippen molar-refractivity contribution >= 4 is 11.6 Å². The summed E-state index contributed by atoms with van der Waals surface area (Å²) in [5.41, 5.74) is 0.